The van der Waals surface area contributed by atoms with Gasteiger partial charge in [0, 0.05) is 6.54 Å². The maximum absolute atomic E-state index is 5.77. The molecule has 0 radical (unpaired) electrons. The SMILES string of the molecule is c1cc2c(cc1OC1COC1)CCNC2. The van der Waals surface area contributed by atoms with Gasteiger partial charge in [-0.25, -0.2) is 0 Å². The summed E-state index contributed by atoms with van der Waals surface area (Å²) in [6.45, 7) is 3.53. The maximum Gasteiger partial charge on any atom is 0.145 e. The minimum absolute atomic E-state index is 0.268. The van der Waals surface area contributed by atoms with Crippen molar-refractivity contribution < 1.29 is 9.47 Å². The van der Waals surface area contributed by atoms with E-state index in [-0.39, 0.29) is 6.10 Å². The third-order valence-corrected chi connectivity index (χ3v) is 2.97. The summed E-state index contributed by atoms with van der Waals surface area (Å²) in [5.74, 6) is 0.990. The molecule has 1 aromatic rings. The third-order valence-electron chi connectivity index (χ3n) is 2.97. The predicted octanol–water partition coefficient (Wildman–Crippen LogP) is 1.11. The molecule has 0 unspecified atom stereocenters. The fourth-order valence-electron chi connectivity index (χ4n) is 2.00. The van der Waals surface area contributed by atoms with Crippen LogP contribution < -0.4 is 10.1 Å². The fourth-order valence-corrected chi connectivity index (χ4v) is 2.00. The normalized spacial score (nSPS) is 20.5. The molecule has 0 aliphatic carbocycles. The summed E-state index contributed by atoms with van der Waals surface area (Å²) in [6.07, 6.45) is 1.37. The standard InChI is InChI=1S/C12H15NO2/c1-2-11(15-12-7-14-8-12)5-9-3-4-13-6-10(1)9/h1-2,5,12-13H,3-4,6-8H2. The zero-order valence-electron chi connectivity index (χ0n) is 8.66. The minimum atomic E-state index is 0.268. The van der Waals surface area contributed by atoms with E-state index < -0.39 is 0 Å². The Kier molecular flexibility index (Phi) is 2.35. The molecule has 0 aromatic heterocycles. The second-order valence-corrected chi connectivity index (χ2v) is 4.13. The first kappa shape index (κ1) is 9.19. The molecule has 0 bridgehead atoms. The Balaban J connectivity index is 1.77. The van der Waals surface area contributed by atoms with Gasteiger partial charge in [0.2, 0.25) is 0 Å². The molecule has 1 aromatic carbocycles. The van der Waals surface area contributed by atoms with Crippen LogP contribution in [0.2, 0.25) is 0 Å². The molecule has 0 saturated carbocycles. The quantitative estimate of drug-likeness (QED) is 0.784. The molecule has 2 aliphatic heterocycles. The van der Waals surface area contributed by atoms with E-state index in [4.69, 9.17) is 9.47 Å². The Hall–Kier alpha value is -1.06. The van der Waals surface area contributed by atoms with Gasteiger partial charge in [-0.3, -0.25) is 0 Å². The van der Waals surface area contributed by atoms with Gasteiger partial charge in [-0.15, -0.1) is 0 Å². The first-order valence-electron chi connectivity index (χ1n) is 5.49. The van der Waals surface area contributed by atoms with Crippen molar-refractivity contribution in [3.63, 3.8) is 0 Å². The van der Waals surface area contributed by atoms with E-state index in [0.717, 1.165) is 38.5 Å². The molecule has 0 spiro atoms. The second kappa shape index (κ2) is 3.83. The topological polar surface area (TPSA) is 30.5 Å². The highest BCUT2D eigenvalue weighted by Crippen LogP contribution is 2.22. The maximum atomic E-state index is 5.77. The van der Waals surface area contributed by atoms with Crippen molar-refractivity contribution in [2.45, 2.75) is 19.1 Å². The smallest absolute Gasteiger partial charge is 0.145 e. The average Bonchev–Trinajstić information content (AvgIpc) is 2.23. The van der Waals surface area contributed by atoms with Crippen LogP contribution in [0, 0.1) is 0 Å². The Labute approximate surface area is 89.4 Å². The Bertz CT molecular complexity index is 361. The largest absolute Gasteiger partial charge is 0.486 e. The van der Waals surface area contributed by atoms with Crippen molar-refractivity contribution >= 4 is 0 Å². The van der Waals surface area contributed by atoms with Crippen LogP contribution in [0.4, 0.5) is 0 Å². The van der Waals surface area contributed by atoms with E-state index >= 15 is 0 Å². The first-order valence-corrected chi connectivity index (χ1v) is 5.49. The molecule has 3 rings (SSSR count). The number of nitrogens with one attached hydrogen (secondary N) is 1. The lowest BCUT2D eigenvalue weighted by Gasteiger charge is -2.27. The zero-order valence-corrected chi connectivity index (χ0v) is 8.66. The highest BCUT2D eigenvalue weighted by molar-refractivity contribution is 5.37. The van der Waals surface area contributed by atoms with E-state index in [0.29, 0.717) is 0 Å². The number of ether oxygens (including phenoxy) is 2. The number of rotatable bonds is 2. The van der Waals surface area contributed by atoms with Gasteiger partial charge in [-0.1, -0.05) is 6.07 Å². The molecule has 3 nitrogen and oxygen atoms in total. The summed E-state index contributed by atoms with van der Waals surface area (Å²) in [4.78, 5) is 0. The van der Waals surface area contributed by atoms with Crippen LogP contribution in [0.5, 0.6) is 5.75 Å². The van der Waals surface area contributed by atoms with Gasteiger partial charge >= 0.3 is 0 Å². The summed E-state index contributed by atoms with van der Waals surface area (Å²) >= 11 is 0. The monoisotopic (exact) mass is 205 g/mol. The van der Waals surface area contributed by atoms with Crippen LogP contribution in [0.25, 0.3) is 0 Å². The van der Waals surface area contributed by atoms with Crippen molar-refractivity contribution in [3.05, 3.63) is 29.3 Å². The van der Waals surface area contributed by atoms with Crippen LogP contribution in [0.15, 0.2) is 18.2 Å². The number of hydrogen-bond donors (Lipinski definition) is 1. The molecule has 3 heteroatoms. The highest BCUT2D eigenvalue weighted by atomic mass is 16.6. The predicted molar refractivity (Wildman–Crippen MR) is 57.1 cm³/mol. The molecule has 1 fully saturated rings. The summed E-state index contributed by atoms with van der Waals surface area (Å²) < 4.78 is 10.9. The van der Waals surface area contributed by atoms with Gasteiger partial charge in [0.1, 0.15) is 11.9 Å². The van der Waals surface area contributed by atoms with E-state index in [2.05, 4.69) is 23.5 Å². The van der Waals surface area contributed by atoms with E-state index in [1.165, 1.54) is 11.1 Å². The van der Waals surface area contributed by atoms with Crippen molar-refractivity contribution in [1.82, 2.24) is 5.32 Å². The number of hydrogen-bond acceptors (Lipinski definition) is 3. The van der Waals surface area contributed by atoms with Crippen LogP contribution in [0.1, 0.15) is 11.1 Å². The van der Waals surface area contributed by atoms with E-state index in [1.54, 1.807) is 0 Å². The van der Waals surface area contributed by atoms with Gasteiger partial charge in [-0.2, -0.15) is 0 Å². The molecular formula is C12H15NO2. The number of fused-ring (bicyclic) bond motifs is 1. The molecule has 15 heavy (non-hydrogen) atoms. The molecule has 80 valence electrons. The average molecular weight is 205 g/mol. The summed E-state index contributed by atoms with van der Waals surface area (Å²) in [6, 6.07) is 6.40. The Morgan fingerprint density at radius 1 is 1.27 bits per heavy atom. The Morgan fingerprint density at radius 3 is 3.00 bits per heavy atom. The van der Waals surface area contributed by atoms with E-state index in [9.17, 15) is 0 Å². The van der Waals surface area contributed by atoms with Gasteiger partial charge in [0.15, 0.2) is 0 Å². The molecule has 1 N–H and O–H groups in total. The molecule has 2 heterocycles. The van der Waals surface area contributed by atoms with Gasteiger partial charge in [-0.05, 0) is 36.2 Å². The van der Waals surface area contributed by atoms with Crippen molar-refractivity contribution in [1.29, 1.82) is 0 Å². The molecule has 0 amide bonds. The molecular weight excluding hydrogens is 190 g/mol. The van der Waals surface area contributed by atoms with Gasteiger partial charge < -0.3 is 14.8 Å². The van der Waals surface area contributed by atoms with Crippen LogP contribution in [0.3, 0.4) is 0 Å². The van der Waals surface area contributed by atoms with Crippen molar-refractivity contribution in [2.24, 2.45) is 0 Å². The summed E-state index contributed by atoms with van der Waals surface area (Å²) in [5, 5.41) is 3.36. The highest BCUT2D eigenvalue weighted by Gasteiger charge is 2.20. The second-order valence-electron chi connectivity index (χ2n) is 4.13. The molecule has 0 atom stereocenters. The van der Waals surface area contributed by atoms with Crippen LogP contribution in [-0.2, 0) is 17.7 Å². The fraction of sp³-hybridized carbons (Fsp3) is 0.500. The third kappa shape index (κ3) is 1.85. The van der Waals surface area contributed by atoms with Gasteiger partial charge in [0.05, 0.1) is 13.2 Å². The minimum Gasteiger partial charge on any atom is -0.486 e. The van der Waals surface area contributed by atoms with E-state index in [1.807, 2.05) is 0 Å². The summed E-state index contributed by atoms with van der Waals surface area (Å²) in [7, 11) is 0. The number of benzene rings is 1. The lowest BCUT2D eigenvalue weighted by atomic mass is 10.0. The summed E-state index contributed by atoms with van der Waals surface area (Å²) in [5.41, 5.74) is 2.82. The lowest BCUT2D eigenvalue weighted by Crippen LogP contribution is -2.38. The first-order chi connectivity index (χ1) is 7.42. The Morgan fingerprint density at radius 2 is 2.20 bits per heavy atom. The van der Waals surface area contributed by atoms with Crippen LogP contribution in [-0.4, -0.2) is 25.9 Å². The van der Waals surface area contributed by atoms with Crippen molar-refractivity contribution in [3.8, 4) is 5.75 Å². The lowest BCUT2D eigenvalue weighted by molar-refractivity contribution is -0.0797. The van der Waals surface area contributed by atoms with Gasteiger partial charge in [0.25, 0.3) is 0 Å². The zero-order chi connectivity index (χ0) is 10.1. The molecule has 2 aliphatic rings. The molecule has 1 saturated heterocycles. The van der Waals surface area contributed by atoms with Crippen LogP contribution >= 0.6 is 0 Å². The van der Waals surface area contributed by atoms with Crippen molar-refractivity contribution in [2.75, 3.05) is 19.8 Å².